The smallest absolute Gasteiger partial charge is 0.342 e. The van der Waals surface area contributed by atoms with Crippen LogP contribution in [0.3, 0.4) is 0 Å². The third-order valence-electron chi connectivity index (χ3n) is 1.48. The number of rotatable bonds is 3. The molecule has 14 heavy (non-hydrogen) atoms. The van der Waals surface area contributed by atoms with Crippen LogP contribution in [0.25, 0.3) is 0 Å². The molecule has 0 spiro atoms. The number of ether oxygens (including phenoxy) is 2. The molecule has 0 fully saturated rings. The summed E-state index contributed by atoms with van der Waals surface area (Å²) in [5, 5.41) is 1.42. The molecule has 0 aliphatic heterocycles. The average molecular weight is 236 g/mol. The molecule has 7 heteroatoms. The summed E-state index contributed by atoms with van der Waals surface area (Å²) >= 11 is -1.18. The molecule has 0 amide bonds. The van der Waals surface area contributed by atoms with E-state index in [1.54, 1.807) is 0 Å². The van der Waals surface area contributed by atoms with E-state index >= 15 is 0 Å². The van der Waals surface area contributed by atoms with E-state index in [1.807, 2.05) is 0 Å². The Hall–Kier alpha value is -0.920. The summed E-state index contributed by atoms with van der Waals surface area (Å²) in [7, 11) is 2.56. The van der Waals surface area contributed by atoms with Crippen LogP contribution < -0.4 is 4.74 Å². The fourth-order valence-corrected chi connectivity index (χ4v) is 2.45. The fraction of sp³-hybridized carbons (Fsp3) is 0.286. The molecule has 0 saturated carbocycles. The standard InChI is InChI=1S/C7H8O5S2/c1-11-5-4(6(8)12-2)3-13-7(5)14(9)10/h3H,1-2H3,(H,9,10). The van der Waals surface area contributed by atoms with E-state index in [2.05, 4.69) is 4.74 Å². The Morgan fingerprint density at radius 1 is 1.57 bits per heavy atom. The van der Waals surface area contributed by atoms with Gasteiger partial charge in [0.2, 0.25) is 11.1 Å². The van der Waals surface area contributed by atoms with Gasteiger partial charge in [0, 0.05) is 5.38 Å². The Bertz CT molecular complexity index is 370. The lowest BCUT2D eigenvalue weighted by Gasteiger charge is -2.01. The van der Waals surface area contributed by atoms with Crippen molar-refractivity contribution < 1.29 is 23.0 Å². The molecule has 1 heterocycles. The summed E-state index contributed by atoms with van der Waals surface area (Å²) in [6, 6.07) is 0. The molecule has 1 aromatic rings. The molecule has 0 aromatic carbocycles. The van der Waals surface area contributed by atoms with Crippen molar-refractivity contribution in [3.63, 3.8) is 0 Å². The van der Waals surface area contributed by atoms with E-state index in [4.69, 9.17) is 9.29 Å². The van der Waals surface area contributed by atoms with Crippen LogP contribution in [0.5, 0.6) is 5.75 Å². The van der Waals surface area contributed by atoms with Crippen molar-refractivity contribution in [2.45, 2.75) is 4.21 Å². The minimum Gasteiger partial charge on any atom is -0.494 e. The number of carbonyl (C=O) groups excluding carboxylic acids is 1. The zero-order valence-electron chi connectivity index (χ0n) is 7.47. The van der Waals surface area contributed by atoms with Crippen molar-refractivity contribution in [3.8, 4) is 5.75 Å². The van der Waals surface area contributed by atoms with E-state index in [1.165, 1.54) is 19.6 Å². The summed E-state index contributed by atoms with van der Waals surface area (Å²) in [6.45, 7) is 0. The Labute approximate surface area is 86.9 Å². The first-order valence-corrected chi connectivity index (χ1v) is 5.45. The zero-order valence-corrected chi connectivity index (χ0v) is 9.11. The highest BCUT2D eigenvalue weighted by Gasteiger charge is 2.21. The number of carbonyl (C=O) groups is 1. The molecule has 1 N–H and O–H groups in total. The second-order valence-corrected chi connectivity index (χ2v) is 4.26. The SMILES string of the molecule is COC(=O)c1csc(S(=O)O)c1OC. The third-order valence-corrected chi connectivity index (χ3v) is 3.45. The maximum Gasteiger partial charge on any atom is 0.342 e. The molecule has 0 saturated heterocycles. The van der Waals surface area contributed by atoms with Gasteiger partial charge in [0.1, 0.15) is 5.56 Å². The largest absolute Gasteiger partial charge is 0.494 e. The first-order chi connectivity index (χ1) is 6.61. The van der Waals surface area contributed by atoms with Gasteiger partial charge in [0.05, 0.1) is 14.2 Å². The third kappa shape index (κ3) is 1.94. The quantitative estimate of drug-likeness (QED) is 0.629. The molecular weight excluding hydrogens is 228 g/mol. The van der Waals surface area contributed by atoms with Crippen molar-refractivity contribution in [2.75, 3.05) is 14.2 Å². The van der Waals surface area contributed by atoms with Crippen LogP contribution >= 0.6 is 11.3 Å². The second kappa shape index (κ2) is 4.54. The Morgan fingerprint density at radius 2 is 2.21 bits per heavy atom. The van der Waals surface area contributed by atoms with Crippen LogP contribution in [0.2, 0.25) is 0 Å². The normalized spacial score (nSPS) is 12.2. The lowest BCUT2D eigenvalue weighted by Crippen LogP contribution is -2.02. The van der Waals surface area contributed by atoms with Gasteiger partial charge >= 0.3 is 5.97 Å². The summed E-state index contributed by atoms with van der Waals surface area (Å²) < 4.78 is 29.1. The van der Waals surface area contributed by atoms with Crippen molar-refractivity contribution in [2.24, 2.45) is 0 Å². The van der Waals surface area contributed by atoms with E-state index < -0.39 is 17.0 Å². The van der Waals surface area contributed by atoms with Gasteiger partial charge in [0.15, 0.2) is 9.96 Å². The Morgan fingerprint density at radius 3 is 2.64 bits per heavy atom. The molecule has 1 rings (SSSR count). The molecule has 0 aliphatic carbocycles. The first-order valence-electron chi connectivity index (χ1n) is 3.46. The molecule has 0 aliphatic rings. The van der Waals surface area contributed by atoms with Crippen LogP contribution in [-0.2, 0) is 15.8 Å². The summed E-state index contributed by atoms with van der Waals surface area (Å²) in [4.78, 5) is 11.2. The molecule has 78 valence electrons. The van der Waals surface area contributed by atoms with Crippen molar-refractivity contribution in [1.29, 1.82) is 0 Å². The monoisotopic (exact) mass is 236 g/mol. The number of esters is 1. The molecule has 5 nitrogen and oxygen atoms in total. The summed E-state index contributed by atoms with van der Waals surface area (Å²) in [5.74, 6) is -0.488. The lowest BCUT2D eigenvalue weighted by molar-refractivity contribution is 0.0597. The predicted molar refractivity (Wildman–Crippen MR) is 51.2 cm³/mol. The lowest BCUT2D eigenvalue weighted by atomic mass is 10.3. The molecule has 1 aromatic heterocycles. The minimum absolute atomic E-state index is 0.0997. The van der Waals surface area contributed by atoms with Gasteiger partial charge in [-0.05, 0) is 0 Å². The molecular formula is C7H8O5S2. The number of thiophene rings is 1. The molecule has 1 atom stereocenters. The minimum atomic E-state index is -2.15. The topological polar surface area (TPSA) is 72.8 Å². The molecule has 0 radical (unpaired) electrons. The fourth-order valence-electron chi connectivity index (χ4n) is 0.894. The predicted octanol–water partition coefficient (Wildman–Crippen LogP) is 1.12. The van der Waals surface area contributed by atoms with Gasteiger partial charge in [-0.1, -0.05) is 0 Å². The van der Waals surface area contributed by atoms with Crippen LogP contribution in [-0.4, -0.2) is 29.0 Å². The summed E-state index contributed by atoms with van der Waals surface area (Å²) in [6.07, 6.45) is 0. The number of methoxy groups -OCH3 is 2. The van der Waals surface area contributed by atoms with Crippen LogP contribution in [0.4, 0.5) is 0 Å². The maximum atomic E-state index is 11.2. The highest BCUT2D eigenvalue weighted by atomic mass is 32.2. The van der Waals surface area contributed by atoms with Gasteiger partial charge in [-0.25, -0.2) is 9.00 Å². The first kappa shape index (κ1) is 11.2. The van der Waals surface area contributed by atoms with Gasteiger partial charge in [0.25, 0.3) is 0 Å². The van der Waals surface area contributed by atoms with Gasteiger partial charge in [-0.3, -0.25) is 0 Å². The Kier molecular flexibility index (Phi) is 3.62. The van der Waals surface area contributed by atoms with Crippen LogP contribution in [0.1, 0.15) is 10.4 Å². The van der Waals surface area contributed by atoms with Crippen LogP contribution in [0, 0.1) is 0 Å². The van der Waals surface area contributed by atoms with Crippen molar-refractivity contribution in [3.05, 3.63) is 10.9 Å². The zero-order chi connectivity index (χ0) is 10.7. The van der Waals surface area contributed by atoms with Gasteiger partial charge in [-0.15, -0.1) is 11.3 Å². The van der Waals surface area contributed by atoms with Crippen LogP contribution in [0.15, 0.2) is 9.59 Å². The van der Waals surface area contributed by atoms with Crippen molar-refractivity contribution in [1.82, 2.24) is 0 Å². The van der Waals surface area contributed by atoms with E-state index in [0.29, 0.717) is 0 Å². The number of hydrogen-bond donors (Lipinski definition) is 1. The summed E-state index contributed by atoms with van der Waals surface area (Å²) in [5.41, 5.74) is 0.164. The van der Waals surface area contributed by atoms with E-state index in [9.17, 15) is 9.00 Å². The Balaban J connectivity index is 3.20. The van der Waals surface area contributed by atoms with E-state index in [-0.39, 0.29) is 15.5 Å². The highest BCUT2D eigenvalue weighted by Crippen LogP contribution is 2.33. The van der Waals surface area contributed by atoms with Gasteiger partial charge < -0.3 is 14.0 Å². The second-order valence-electron chi connectivity index (χ2n) is 2.21. The van der Waals surface area contributed by atoms with E-state index in [0.717, 1.165) is 11.3 Å². The van der Waals surface area contributed by atoms with Gasteiger partial charge in [-0.2, -0.15) is 0 Å². The molecule has 0 bridgehead atoms. The average Bonchev–Trinajstić information content (AvgIpc) is 2.59. The highest BCUT2D eigenvalue weighted by molar-refractivity contribution is 7.82. The van der Waals surface area contributed by atoms with Crippen molar-refractivity contribution >= 4 is 28.4 Å². The maximum absolute atomic E-state index is 11.2. The molecule has 1 unspecified atom stereocenters. The number of hydrogen-bond acceptors (Lipinski definition) is 5.